The average molecular weight is 356 g/mol. The molecule has 2 aromatic rings. The van der Waals surface area contributed by atoms with E-state index in [1.165, 1.54) is 0 Å². The lowest BCUT2D eigenvalue weighted by molar-refractivity contribution is -0.114. The Labute approximate surface area is 155 Å². The van der Waals surface area contributed by atoms with Crippen LogP contribution in [0.25, 0.3) is 0 Å². The van der Waals surface area contributed by atoms with E-state index in [-0.39, 0.29) is 18.6 Å². The second-order valence-corrected chi connectivity index (χ2v) is 6.32. The van der Waals surface area contributed by atoms with Crippen molar-refractivity contribution in [2.45, 2.75) is 39.7 Å². The number of benzene rings is 2. The molecule has 0 aliphatic carbocycles. The maximum Gasteiger partial charge on any atom is 0.243 e. The molecule has 0 saturated heterocycles. The molecule has 0 aliphatic heterocycles. The van der Waals surface area contributed by atoms with Gasteiger partial charge in [-0.1, -0.05) is 13.3 Å². The summed E-state index contributed by atoms with van der Waals surface area (Å²) in [6, 6.07) is 15.0. The first kappa shape index (κ1) is 19.6. The van der Waals surface area contributed by atoms with Gasteiger partial charge in [0.1, 0.15) is 11.5 Å². The van der Waals surface area contributed by atoms with Gasteiger partial charge in [-0.2, -0.15) is 0 Å². The zero-order valence-electron chi connectivity index (χ0n) is 15.7. The number of carbonyl (C=O) groups excluding carboxylic acids is 1. The Morgan fingerprint density at radius 3 is 2.19 bits per heavy atom. The molecule has 0 bridgehead atoms. The van der Waals surface area contributed by atoms with Crippen LogP contribution in [0, 0.1) is 0 Å². The number of carbonyl (C=O) groups is 1. The summed E-state index contributed by atoms with van der Waals surface area (Å²) in [6.45, 7) is 7.01. The summed E-state index contributed by atoms with van der Waals surface area (Å²) in [7, 11) is 0. The molecule has 5 nitrogen and oxygen atoms in total. The number of hydrogen-bond acceptors (Lipinski definition) is 4. The fraction of sp³-hybridized carbons (Fsp3) is 0.381. The van der Waals surface area contributed by atoms with Crippen LogP contribution in [0.5, 0.6) is 11.5 Å². The summed E-state index contributed by atoms with van der Waals surface area (Å²) < 4.78 is 11.2. The summed E-state index contributed by atoms with van der Waals surface area (Å²) >= 11 is 0. The highest BCUT2D eigenvalue weighted by Gasteiger charge is 2.04. The molecule has 2 aromatic carbocycles. The van der Waals surface area contributed by atoms with E-state index >= 15 is 0 Å². The van der Waals surface area contributed by atoms with Crippen LogP contribution < -0.4 is 20.1 Å². The maximum atomic E-state index is 12.1. The average Bonchev–Trinajstić information content (AvgIpc) is 2.62. The molecule has 0 radical (unpaired) electrons. The van der Waals surface area contributed by atoms with Crippen molar-refractivity contribution in [2.24, 2.45) is 0 Å². The second-order valence-electron chi connectivity index (χ2n) is 6.32. The first-order valence-corrected chi connectivity index (χ1v) is 9.10. The third-order valence-corrected chi connectivity index (χ3v) is 3.58. The Bertz CT molecular complexity index is 667. The highest BCUT2D eigenvalue weighted by molar-refractivity contribution is 5.93. The van der Waals surface area contributed by atoms with Gasteiger partial charge in [-0.25, -0.2) is 0 Å². The van der Waals surface area contributed by atoms with Crippen molar-refractivity contribution in [1.82, 2.24) is 0 Å². The maximum absolute atomic E-state index is 12.1. The van der Waals surface area contributed by atoms with Gasteiger partial charge in [0, 0.05) is 11.4 Å². The minimum absolute atomic E-state index is 0.106. The van der Waals surface area contributed by atoms with E-state index in [0.717, 1.165) is 42.3 Å². The minimum Gasteiger partial charge on any atom is -0.494 e. The van der Waals surface area contributed by atoms with Crippen molar-refractivity contribution in [1.29, 1.82) is 0 Å². The van der Waals surface area contributed by atoms with E-state index in [9.17, 15) is 4.79 Å². The van der Waals surface area contributed by atoms with Crippen molar-refractivity contribution in [3.05, 3.63) is 48.5 Å². The Balaban J connectivity index is 1.75. The van der Waals surface area contributed by atoms with Gasteiger partial charge in [-0.05, 0) is 68.8 Å². The Morgan fingerprint density at radius 1 is 0.962 bits per heavy atom. The topological polar surface area (TPSA) is 59.6 Å². The van der Waals surface area contributed by atoms with Crippen LogP contribution in [0.2, 0.25) is 0 Å². The van der Waals surface area contributed by atoms with Crippen LogP contribution in [-0.4, -0.2) is 25.2 Å². The quantitative estimate of drug-likeness (QED) is 0.606. The second kappa shape index (κ2) is 10.3. The first-order valence-electron chi connectivity index (χ1n) is 9.10. The monoisotopic (exact) mass is 356 g/mol. The van der Waals surface area contributed by atoms with Gasteiger partial charge in [0.25, 0.3) is 0 Å². The summed E-state index contributed by atoms with van der Waals surface area (Å²) in [5.41, 5.74) is 1.62. The molecule has 0 unspecified atom stereocenters. The Morgan fingerprint density at radius 2 is 1.58 bits per heavy atom. The van der Waals surface area contributed by atoms with Gasteiger partial charge >= 0.3 is 0 Å². The number of amides is 1. The van der Waals surface area contributed by atoms with Crippen molar-refractivity contribution < 1.29 is 14.3 Å². The highest BCUT2D eigenvalue weighted by atomic mass is 16.5. The third-order valence-electron chi connectivity index (χ3n) is 3.58. The van der Waals surface area contributed by atoms with Crippen LogP contribution in [0.1, 0.15) is 33.6 Å². The predicted octanol–water partition coefficient (Wildman–Crippen LogP) is 4.70. The smallest absolute Gasteiger partial charge is 0.243 e. The van der Waals surface area contributed by atoms with Crippen LogP contribution in [-0.2, 0) is 4.79 Å². The summed E-state index contributed by atoms with van der Waals surface area (Å²) in [5.74, 6) is 1.53. The molecule has 2 N–H and O–H groups in total. The van der Waals surface area contributed by atoms with Gasteiger partial charge in [-0.15, -0.1) is 0 Å². The number of ether oxygens (including phenoxy) is 2. The van der Waals surface area contributed by atoms with E-state index < -0.39 is 0 Å². The SMILES string of the molecule is CCCCOc1ccc(NCC(=O)Nc2ccc(OC(C)C)cc2)cc1. The molecule has 140 valence electrons. The standard InChI is InChI=1S/C21H28N2O3/c1-4-5-14-25-19-10-6-17(7-11-19)22-15-21(24)23-18-8-12-20(13-9-18)26-16(2)3/h6-13,16,22H,4-5,14-15H2,1-3H3,(H,23,24). The zero-order valence-corrected chi connectivity index (χ0v) is 15.7. The lowest BCUT2D eigenvalue weighted by atomic mass is 10.3. The molecule has 0 spiro atoms. The molecule has 2 rings (SSSR count). The largest absolute Gasteiger partial charge is 0.494 e. The normalized spacial score (nSPS) is 10.5. The highest BCUT2D eigenvalue weighted by Crippen LogP contribution is 2.18. The van der Waals surface area contributed by atoms with Crippen LogP contribution in [0.15, 0.2) is 48.5 Å². The van der Waals surface area contributed by atoms with Gasteiger partial charge < -0.3 is 20.1 Å². The number of anilines is 2. The molecular formula is C21H28N2O3. The molecule has 5 heteroatoms. The number of hydrogen-bond donors (Lipinski definition) is 2. The van der Waals surface area contributed by atoms with E-state index in [1.54, 1.807) is 0 Å². The number of unbranched alkanes of at least 4 members (excludes halogenated alkanes) is 1. The fourth-order valence-electron chi connectivity index (χ4n) is 2.28. The van der Waals surface area contributed by atoms with Crippen molar-refractivity contribution in [3.8, 4) is 11.5 Å². The molecule has 26 heavy (non-hydrogen) atoms. The van der Waals surface area contributed by atoms with Crippen LogP contribution >= 0.6 is 0 Å². The van der Waals surface area contributed by atoms with Gasteiger partial charge in [0.15, 0.2) is 0 Å². The van der Waals surface area contributed by atoms with Crippen molar-refractivity contribution in [2.75, 3.05) is 23.8 Å². The number of nitrogens with one attached hydrogen (secondary N) is 2. The molecule has 0 aromatic heterocycles. The summed E-state index contributed by atoms with van der Waals surface area (Å²) in [5, 5.41) is 5.96. The van der Waals surface area contributed by atoms with E-state index in [2.05, 4.69) is 17.6 Å². The molecule has 0 heterocycles. The summed E-state index contributed by atoms with van der Waals surface area (Å²) in [6.07, 6.45) is 2.29. The van der Waals surface area contributed by atoms with Crippen LogP contribution in [0.4, 0.5) is 11.4 Å². The van der Waals surface area contributed by atoms with Gasteiger partial charge in [0.05, 0.1) is 19.3 Å². The molecule has 0 aliphatic rings. The molecule has 0 saturated carbocycles. The third kappa shape index (κ3) is 7.05. The Hall–Kier alpha value is -2.69. The molecular weight excluding hydrogens is 328 g/mol. The zero-order chi connectivity index (χ0) is 18.8. The summed E-state index contributed by atoms with van der Waals surface area (Å²) in [4.78, 5) is 12.1. The van der Waals surface area contributed by atoms with Gasteiger partial charge in [0.2, 0.25) is 5.91 Å². The van der Waals surface area contributed by atoms with Crippen LogP contribution in [0.3, 0.4) is 0 Å². The fourth-order valence-corrected chi connectivity index (χ4v) is 2.28. The van der Waals surface area contributed by atoms with Crippen molar-refractivity contribution >= 4 is 17.3 Å². The minimum atomic E-state index is -0.106. The van der Waals surface area contributed by atoms with E-state index in [1.807, 2.05) is 62.4 Å². The van der Waals surface area contributed by atoms with Gasteiger partial charge in [-0.3, -0.25) is 4.79 Å². The van der Waals surface area contributed by atoms with E-state index in [4.69, 9.17) is 9.47 Å². The molecule has 0 fully saturated rings. The molecule has 1 amide bonds. The Kier molecular flexibility index (Phi) is 7.80. The van der Waals surface area contributed by atoms with E-state index in [0.29, 0.717) is 0 Å². The number of rotatable bonds is 10. The lowest BCUT2D eigenvalue weighted by Crippen LogP contribution is -2.21. The van der Waals surface area contributed by atoms with Crippen molar-refractivity contribution in [3.63, 3.8) is 0 Å². The first-order chi connectivity index (χ1) is 12.6. The molecule has 0 atom stereocenters. The lowest BCUT2D eigenvalue weighted by Gasteiger charge is -2.11. The predicted molar refractivity (Wildman–Crippen MR) is 106 cm³/mol.